The molecule has 0 saturated heterocycles. The predicted molar refractivity (Wildman–Crippen MR) is 67.4 cm³/mol. The molecule has 19 heavy (non-hydrogen) atoms. The van der Waals surface area contributed by atoms with Crippen LogP contribution in [0.15, 0.2) is 17.8 Å². The van der Waals surface area contributed by atoms with Crippen LogP contribution in [0, 0.1) is 10.1 Å². The Balaban J connectivity index is 2.55. The zero-order valence-corrected chi connectivity index (χ0v) is 11.4. The van der Waals surface area contributed by atoms with Gasteiger partial charge in [0.25, 0.3) is 0 Å². The van der Waals surface area contributed by atoms with Crippen LogP contribution >= 0.6 is 11.3 Å². The first-order chi connectivity index (χ1) is 9.06. The van der Waals surface area contributed by atoms with E-state index in [9.17, 15) is 18.9 Å². The van der Waals surface area contributed by atoms with Gasteiger partial charge in [0.2, 0.25) is 5.82 Å². The van der Waals surface area contributed by atoms with Crippen LogP contribution < -0.4 is 0 Å². The molecular formula is C9H9N4O4S2-. The average Bonchev–Trinajstić information content (AvgIpc) is 2.98. The summed E-state index contributed by atoms with van der Waals surface area (Å²) in [4.78, 5) is 18.1. The summed E-state index contributed by atoms with van der Waals surface area (Å²) >= 11 is -1.34. The van der Waals surface area contributed by atoms with E-state index in [1.54, 1.807) is 12.3 Å². The minimum atomic E-state index is -2.50. The van der Waals surface area contributed by atoms with E-state index in [0.717, 1.165) is 17.5 Å². The second-order valence-electron chi connectivity index (χ2n) is 3.49. The van der Waals surface area contributed by atoms with Gasteiger partial charge in [-0.1, -0.05) is 0 Å². The maximum Gasteiger partial charge on any atom is 0.342 e. The van der Waals surface area contributed by atoms with Gasteiger partial charge in [0.15, 0.2) is 5.25 Å². The van der Waals surface area contributed by atoms with Gasteiger partial charge in [-0.2, -0.15) is 0 Å². The molecular weight excluding hydrogens is 292 g/mol. The summed E-state index contributed by atoms with van der Waals surface area (Å²) in [7, 11) is 0. The summed E-state index contributed by atoms with van der Waals surface area (Å²) in [6.07, 6.45) is 2.54. The van der Waals surface area contributed by atoms with Crippen LogP contribution in [0.4, 0.5) is 5.82 Å². The number of rotatable bonds is 5. The SMILES string of the molecule is CCn1c([N+](=O)[O-])cnc1C(c1nccs1)S(=O)[O-]. The van der Waals surface area contributed by atoms with Gasteiger partial charge in [-0.05, 0) is 22.9 Å². The van der Waals surface area contributed by atoms with E-state index in [-0.39, 0.29) is 18.2 Å². The number of hydrogen-bond acceptors (Lipinski definition) is 7. The minimum Gasteiger partial charge on any atom is -0.771 e. The third-order valence-corrected chi connectivity index (χ3v) is 4.28. The molecule has 0 fully saturated rings. The normalized spacial score (nSPS) is 14.2. The topological polar surface area (TPSA) is 114 Å². The molecule has 8 nitrogen and oxygen atoms in total. The molecule has 0 N–H and O–H groups in total. The lowest BCUT2D eigenvalue weighted by Gasteiger charge is -2.15. The maximum atomic E-state index is 11.4. The standard InChI is InChI=1S/C9H10N4O4S2/c1-2-12-6(13(14)15)5-11-8(12)7(19(16)17)9-10-3-4-18-9/h3-5,7H,2H2,1H3,(H,16,17)/p-1. The molecule has 0 radical (unpaired) electrons. The summed E-state index contributed by atoms with van der Waals surface area (Å²) in [6, 6.07) is 0. The van der Waals surface area contributed by atoms with Crippen molar-refractivity contribution in [3.05, 3.63) is 38.7 Å². The maximum absolute atomic E-state index is 11.4. The lowest BCUT2D eigenvalue weighted by atomic mass is 10.4. The number of thiazole rings is 1. The van der Waals surface area contributed by atoms with Gasteiger partial charge in [0.05, 0.1) is 6.54 Å². The van der Waals surface area contributed by atoms with Crippen molar-refractivity contribution in [3.8, 4) is 0 Å². The van der Waals surface area contributed by atoms with E-state index in [4.69, 9.17) is 0 Å². The molecule has 0 aromatic carbocycles. The summed E-state index contributed by atoms with van der Waals surface area (Å²) < 4.78 is 24.0. The third kappa shape index (κ3) is 2.55. The van der Waals surface area contributed by atoms with Crippen molar-refractivity contribution in [3.63, 3.8) is 0 Å². The second kappa shape index (κ2) is 5.55. The monoisotopic (exact) mass is 301 g/mol. The van der Waals surface area contributed by atoms with Gasteiger partial charge >= 0.3 is 5.82 Å². The Bertz CT molecular complexity index is 610. The van der Waals surface area contributed by atoms with Crippen molar-refractivity contribution in [2.45, 2.75) is 18.7 Å². The molecule has 0 amide bonds. The predicted octanol–water partition coefficient (Wildman–Crippen LogP) is 1.24. The van der Waals surface area contributed by atoms with Crippen LogP contribution in [-0.2, 0) is 17.6 Å². The van der Waals surface area contributed by atoms with Crippen molar-refractivity contribution in [1.29, 1.82) is 0 Å². The smallest absolute Gasteiger partial charge is 0.342 e. The highest BCUT2D eigenvalue weighted by Gasteiger charge is 2.29. The summed E-state index contributed by atoms with van der Waals surface area (Å²) in [5.41, 5.74) is 0. The molecule has 2 atom stereocenters. The zero-order chi connectivity index (χ0) is 14.0. The lowest BCUT2D eigenvalue weighted by molar-refractivity contribution is -0.392. The first kappa shape index (κ1) is 13.8. The molecule has 0 aliphatic carbocycles. The van der Waals surface area contributed by atoms with Crippen LogP contribution in [0.1, 0.15) is 23.0 Å². The first-order valence-corrected chi connectivity index (χ1v) is 7.25. The van der Waals surface area contributed by atoms with Gasteiger partial charge < -0.3 is 14.7 Å². The molecule has 0 spiro atoms. The zero-order valence-electron chi connectivity index (χ0n) is 9.75. The molecule has 0 aliphatic heterocycles. The number of hydrogen-bond donors (Lipinski definition) is 0. The Kier molecular flexibility index (Phi) is 4.02. The number of imidazole rings is 1. The van der Waals surface area contributed by atoms with E-state index < -0.39 is 21.3 Å². The molecule has 2 aromatic heterocycles. The molecule has 2 heterocycles. The Hall–Kier alpha value is -1.65. The van der Waals surface area contributed by atoms with E-state index in [2.05, 4.69) is 9.97 Å². The van der Waals surface area contributed by atoms with Crippen LogP contribution in [0.25, 0.3) is 0 Å². The van der Waals surface area contributed by atoms with Crippen molar-refractivity contribution >= 4 is 28.2 Å². The number of aromatic nitrogens is 3. The first-order valence-electron chi connectivity index (χ1n) is 5.23. The van der Waals surface area contributed by atoms with Gasteiger partial charge in [-0.25, -0.2) is 14.5 Å². The van der Waals surface area contributed by atoms with Gasteiger partial charge in [-0.15, -0.1) is 11.3 Å². The molecule has 102 valence electrons. The molecule has 10 heteroatoms. The van der Waals surface area contributed by atoms with Crippen molar-refractivity contribution in [1.82, 2.24) is 14.5 Å². The molecule has 0 aliphatic rings. The summed E-state index contributed by atoms with van der Waals surface area (Å²) in [5, 5.41) is 11.7. The quantitative estimate of drug-likeness (QED) is 0.466. The van der Waals surface area contributed by atoms with Crippen molar-refractivity contribution < 1.29 is 13.7 Å². The Morgan fingerprint density at radius 3 is 2.79 bits per heavy atom. The summed E-state index contributed by atoms with van der Waals surface area (Å²) in [6.45, 7) is 1.94. The van der Waals surface area contributed by atoms with E-state index in [1.165, 1.54) is 10.8 Å². The Labute approximate surface area is 114 Å². The third-order valence-electron chi connectivity index (χ3n) is 2.47. The summed E-state index contributed by atoms with van der Waals surface area (Å²) in [5.74, 6) is -0.123. The Morgan fingerprint density at radius 2 is 2.32 bits per heavy atom. The molecule has 0 saturated carbocycles. The largest absolute Gasteiger partial charge is 0.771 e. The molecule has 2 unspecified atom stereocenters. The lowest BCUT2D eigenvalue weighted by Crippen LogP contribution is -2.15. The van der Waals surface area contributed by atoms with Gasteiger partial charge in [0, 0.05) is 11.6 Å². The number of nitro groups is 1. The van der Waals surface area contributed by atoms with Gasteiger partial charge in [-0.3, -0.25) is 4.21 Å². The van der Waals surface area contributed by atoms with Crippen molar-refractivity contribution in [2.75, 3.05) is 0 Å². The van der Waals surface area contributed by atoms with Crippen LogP contribution in [-0.4, -0.2) is 28.2 Å². The number of nitrogens with zero attached hydrogens (tertiary/aromatic N) is 4. The Morgan fingerprint density at radius 1 is 1.58 bits per heavy atom. The van der Waals surface area contributed by atoms with E-state index in [0.29, 0.717) is 5.01 Å². The highest BCUT2D eigenvalue weighted by Crippen LogP contribution is 2.30. The highest BCUT2D eigenvalue weighted by atomic mass is 32.2. The van der Waals surface area contributed by atoms with Gasteiger partial charge in [0.1, 0.15) is 11.2 Å². The fourth-order valence-electron chi connectivity index (χ4n) is 1.70. The average molecular weight is 301 g/mol. The molecule has 2 rings (SSSR count). The van der Waals surface area contributed by atoms with E-state index in [1.807, 2.05) is 0 Å². The van der Waals surface area contributed by atoms with Crippen LogP contribution in [0.2, 0.25) is 0 Å². The van der Waals surface area contributed by atoms with Crippen LogP contribution in [0.5, 0.6) is 0 Å². The van der Waals surface area contributed by atoms with Crippen molar-refractivity contribution in [2.24, 2.45) is 0 Å². The van der Waals surface area contributed by atoms with Crippen LogP contribution in [0.3, 0.4) is 0 Å². The fraction of sp³-hybridized carbons (Fsp3) is 0.333. The van der Waals surface area contributed by atoms with E-state index >= 15 is 0 Å². The fourth-order valence-corrected chi connectivity index (χ4v) is 3.30. The molecule has 2 aromatic rings. The minimum absolute atomic E-state index is 0.109. The molecule has 0 bridgehead atoms. The second-order valence-corrected chi connectivity index (χ2v) is 5.41. The highest BCUT2D eigenvalue weighted by molar-refractivity contribution is 7.79.